The lowest BCUT2D eigenvalue weighted by Crippen LogP contribution is -2.18. The van der Waals surface area contributed by atoms with Crippen LogP contribution in [0.2, 0.25) is 0 Å². The molecule has 2 unspecified atom stereocenters. The summed E-state index contributed by atoms with van der Waals surface area (Å²) in [6.07, 6.45) is 8.30. The standard InChI is InChI=1S/C11H20O/c1-3-6-11(9-12)7-5-10(4-2)8-11/h9-10H,3-8H2,1-2H3. The molecule has 0 spiro atoms. The Balaban J connectivity index is 2.52. The summed E-state index contributed by atoms with van der Waals surface area (Å²) in [5, 5.41) is 0. The normalized spacial score (nSPS) is 35.3. The molecule has 12 heavy (non-hydrogen) atoms. The molecule has 1 aliphatic carbocycles. The summed E-state index contributed by atoms with van der Waals surface area (Å²) in [6, 6.07) is 0. The average Bonchev–Trinajstić information content (AvgIpc) is 2.50. The summed E-state index contributed by atoms with van der Waals surface area (Å²) in [5.74, 6) is 0.821. The fourth-order valence-electron chi connectivity index (χ4n) is 2.51. The largest absolute Gasteiger partial charge is 0.303 e. The van der Waals surface area contributed by atoms with Gasteiger partial charge in [0, 0.05) is 5.41 Å². The molecule has 0 aliphatic heterocycles. The van der Waals surface area contributed by atoms with E-state index in [9.17, 15) is 4.79 Å². The van der Waals surface area contributed by atoms with E-state index in [-0.39, 0.29) is 5.41 Å². The first-order chi connectivity index (χ1) is 5.76. The van der Waals surface area contributed by atoms with Crippen LogP contribution in [-0.4, -0.2) is 6.29 Å². The summed E-state index contributed by atoms with van der Waals surface area (Å²) in [5.41, 5.74) is 0.0788. The topological polar surface area (TPSA) is 17.1 Å². The minimum absolute atomic E-state index is 0.0788. The molecule has 0 bridgehead atoms. The Morgan fingerprint density at radius 1 is 1.50 bits per heavy atom. The van der Waals surface area contributed by atoms with Gasteiger partial charge in [-0.25, -0.2) is 0 Å². The van der Waals surface area contributed by atoms with Crippen LogP contribution in [0.5, 0.6) is 0 Å². The van der Waals surface area contributed by atoms with E-state index in [4.69, 9.17) is 0 Å². The van der Waals surface area contributed by atoms with Gasteiger partial charge in [-0.2, -0.15) is 0 Å². The van der Waals surface area contributed by atoms with E-state index in [0.29, 0.717) is 0 Å². The predicted octanol–water partition coefficient (Wildman–Crippen LogP) is 3.18. The fourth-order valence-corrected chi connectivity index (χ4v) is 2.51. The van der Waals surface area contributed by atoms with Crippen molar-refractivity contribution in [3.8, 4) is 0 Å². The van der Waals surface area contributed by atoms with Gasteiger partial charge in [-0.1, -0.05) is 26.7 Å². The Labute approximate surface area is 75.5 Å². The second-order valence-corrected chi connectivity index (χ2v) is 4.25. The van der Waals surface area contributed by atoms with E-state index in [2.05, 4.69) is 13.8 Å². The summed E-state index contributed by atoms with van der Waals surface area (Å²) in [4.78, 5) is 11.0. The van der Waals surface area contributed by atoms with Crippen LogP contribution in [0.25, 0.3) is 0 Å². The van der Waals surface area contributed by atoms with Gasteiger partial charge in [0.05, 0.1) is 0 Å². The maximum absolute atomic E-state index is 11.0. The molecule has 1 rings (SSSR count). The first-order valence-corrected chi connectivity index (χ1v) is 5.22. The molecule has 0 aromatic rings. The van der Waals surface area contributed by atoms with Gasteiger partial charge >= 0.3 is 0 Å². The van der Waals surface area contributed by atoms with E-state index >= 15 is 0 Å². The highest BCUT2D eigenvalue weighted by Gasteiger charge is 2.37. The average molecular weight is 168 g/mol. The SMILES string of the molecule is CCCC1(C=O)CCC(CC)C1. The molecule has 70 valence electrons. The van der Waals surface area contributed by atoms with E-state index in [1.54, 1.807) is 0 Å². The van der Waals surface area contributed by atoms with E-state index in [1.165, 1.54) is 19.1 Å². The van der Waals surface area contributed by atoms with E-state index in [0.717, 1.165) is 31.6 Å². The summed E-state index contributed by atoms with van der Waals surface area (Å²) in [6.45, 7) is 4.40. The Morgan fingerprint density at radius 2 is 2.25 bits per heavy atom. The van der Waals surface area contributed by atoms with Crippen molar-refractivity contribution in [3.63, 3.8) is 0 Å². The monoisotopic (exact) mass is 168 g/mol. The van der Waals surface area contributed by atoms with Gasteiger partial charge in [0.2, 0.25) is 0 Å². The highest BCUT2D eigenvalue weighted by Crippen LogP contribution is 2.44. The van der Waals surface area contributed by atoms with Gasteiger partial charge in [0.25, 0.3) is 0 Å². The lowest BCUT2D eigenvalue weighted by molar-refractivity contribution is -0.116. The summed E-state index contributed by atoms with van der Waals surface area (Å²) < 4.78 is 0. The van der Waals surface area contributed by atoms with Crippen molar-refractivity contribution < 1.29 is 4.79 Å². The van der Waals surface area contributed by atoms with Crippen molar-refractivity contribution in [1.29, 1.82) is 0 Å². The number of hydrogen-bond donors (Lipinski definition) is 0. The zero-order chi connectivity index (χ0) is 9.03. The van der Waals surface area contributed by atoms with Crippen LogP contribution >= 0.6 is 0 Å². The summed E-state index contributed by atoms with van der Waals surface area (Å²) >= 11 is 0. The van der Waals surface area contributed by atoms with Gasteiger partial charge in [-0.15, -0.1) is 0 Å². The van der Waals surface area contributed by atoms with Crippen LogP contribution in [0, 0.1) is 11.3 Å². The van der Waals surface area contributed by atoms with E-state index in [1.807, 2.05) is 0 Å². The Kier molecular flexibility index (Phi) is 3.30. The van der Waals surface area contributed by atoms with Crippen molar-refractivity contribution in [2.75, 3.05) is 0 Å². The van der Waals surface area contributed by atoms with Crippen LogP contribution in [-0.2, 0) is 4.79 Å². The molecular weight excluding hydrogens is 148 g/mol. The lowest BCUT2D eigenvalue weighted by Gasteiger charge is -2.21. The lowest BCUT2D eigenvalue weighted by atomic mass is 9.82. The second-order valence-electron chi connectivity index (χ2n) is 4.25. The highest BCUT2D eigenvalue weighted by molar-refractivity contribution is 5.59. The molecule has 0 heterocycles. The number of aldehydes is 1. The predicted molar refractivity (Wildman–Crippen MR) is 51.0 cm³/mol. The number of rotatable bonds is 4. The third kappa shape index (κ3) is 1.88. The maximum Gasteiger partial charge on any atom is 0.126 e. The molecule has 1 heteroatoms. The Hall–Kier alpha value is -0.330. The van der Waals surface area contributed by atoms with Gasteiger partial charge in [-0.05, 0) is 31.6 Å². The van der Waals surface area contributed by atoms with Crippen LogP contribution in [0.15, 0.2) is 0 Å². The fraction of sp³-hybridized carbons (Fsp3) is 0.909. The van der Waals surface area contributed by atoms with Crippen LogP contribution in [0.1, 0.15) is 52.4 Å². The number of carbonyl (C=O) groups excluding carboxylic acids is 1. The summed E-state index contributed by atoms with van der Waals surface area (Å²) in [7, 11) is 0. The van der Waals surface area contributed by atoms with Crippen molar-refractivity contribution in [3.05, 3.63) is 0 Å². The second kappa shape index (κ2) is 4.06. The molecule has 0 aromatic carbocycles. The third-order valence-corrected chi connectivity index (χ3v) is 3.32. The van der Waals surface area contributed by atoms with Crippen molar-refractivity contribution in [1.82, 2.24) is 0 Å². The van der Waals surface area contributed by atoms with Crippen molar-refractivity contribution >= 4 is 6.29 Å². The van der Waals surface area contributed by atoms with Crippen LogP contribution in [0.3, 0.4) is 0 Å². The maximum atomic E-state index is 11.0. The Morgan fingerprint density at radius 3 is 2.67 bits per heavy atom. The minimum atomic E-state index is 0.0788. The third-order valence-electron chi connectivity index (χ3n) is 3.32. The first-order valence-electron chi connectivity index (χ1n) is 5.22. The zero-order valence-corrected chi connectivity index (χ0v) is 8.31. The molecule has 1 aliphatic rings. The molecule has 0 amide bonds. The molecule has 0 aromatic heterocycles. The molecule has 0 saturated heterocycles. The molecule has 0 N–H and O–H groups in total. The quantitative estimate of drug-likeness (QED) is 0.589. The van der Waals surface area contributed by atoms with Gasteiger partial charge < -0.3 is 4.79 Å². The highest BCUT2D eigenvalue weighted by atomic mass is 16.1. The zero-order valence-electron chi connectivity index (χ0n) is 8.31. The molecular formula is C11H20O. The molecule has 0 radical (unpaired) electrons. The minimum Gasteiger partial charge on any atom is -0.303 e. The molecule has 1 saturated carbocycles. The van der Waals surface area contributed by atoms with Gasteiger partial charge in [-0.3, -0.25) is 0 Å². The smallest absolute Gasteiger partial charge is 0.126 e. The Bertz CT molecular complexity index is 153. The molecule has 1 nitrogen and oxygen atoms in total. The first kappa shape index (κ1) is 9.76. The molecule has 1 fully saturated rings. The van der Waals surface area contributed by atoms with Gasteiger partial charge in [0.1, 0.15) is 6.29 Å². The van der Waals surface area contributed by atoms with Crippen molar-refractivity contribution in [2.45, 2.75) is 52.4 Å². The number of hydrogen-bond acceptors (Lipinski definition) is 1. The van der Waals surface area contributed by atoms with Crippen LogP contribution in [0.4, 0.5) is 0 Å². The van der Waals surface area contributed by atoms with E-state index < -0.39 is 0 Å². The van der Waals surface area contributed by atoms with Gasteiger partial charge in [0.15, 0.2) is 0 Å². The van der Waals surface area contributed by atoms with Crippen LogP contribution < -0.4 is 0 Å². The molecule has 2 atom stereocenters. The number of carbonyl (C=O) groups is 1. The van der Waals surface area contributed by atoms with Crippen molar-refractivity contribution in [2.24, 2.45) is 11.3 Å².